The van der Waals surface area contributed by atoms with Crippen molar-refractivity contribution in [1.82, 2.24) is 30.4 Å². The van der Waals surface area contributed by atoms with E-state index in [1.54, 1.807) is 18.2 Å². The molecule has 0 spiro atoms. The third-order valence-electron chi connectivity index (χ3n) is 6.09. The van der Waals surface area contributed by atoms with Crippen LogP contribution in [0.2, 0.25) is 0 Å². The summed E-state index contributed by atoms with van der Waals surface area (Å²) in [5.74, 6) is -1.17. The third kappa shape index (κ3) is 5.80. The number of nitrogens with zero attached hydrogens (tertiary/aromatic N) is 5. The van der Waals surface area contributed by atoms with Gasteiger partial charge in [0.1, 0.15) is 17.8 Å². The van der Waals surface area contributed by atoms with E-state index in [-0.39, 0.29) is 17.0 Å². The van der Waals surface area contributed by atoms with E-state index < -0.39 is 37.0 Å². The maximum absolute atomic E-state index is 14.0. The van der Waals surface area contributed by atoms with Gasteiger partial charge in [0.25, 0.3) is 11.8 Å². The Morgan fingerprint density at radius 3 is 2.86 bits per heavy atom. The molecule has 2 amide bonds. The molecule has 0 radical (unpaired) electrons. The lowest BCUT2D eigenvalue weighted by Crippen LogP contribution is -2.48. The molecular weight excluding hydrogens is 460 g/mol. The number of likely N-dealkylation sites (tertiary alicyclic amines) is 1. The van der Waals surface area contributed by atoms with E-state index in [0.717, 1.165) is 39.1 Å². The Bertz CT molecular complexity index is 1120. The van der Waals surface area contributed by atoms with Gasteiger partial charge in [-0.25, -0.2) is 21.4 Å². The lowest BCUT2D eigenvalue weighted by molar-refractivity contribution is -0.165. The van der Waals surface area contributed by atoms with Gasteiger partial charge < -0.3 is 20.3 Å². The minimum Gasteiger partial charge on any atom is -0.494 e. The van der Waals surface area contributed by atoms with E-state index in [2.05, 4.69) is 30.3 Å². The summed E-state index contributed by atoms with van der Waals surface area (Å²) in [6, 6.07) is 1.71. The van der Waals surface area contributed by atoms with Crippen molar-refractivity contribution in [3.8, 4) is 5.75 Å². The number of ether oxygens (including phenoxy) is 1. The van der Waals surface area contributed by atoms with E-state index in [9.17, 15) is 18.4 Å². The van der Waals surface area contributed by atoms with Crippen LogP contribution in [0.4, 0.5) is 8.78 Å². The SMILES string of the molecule is [C-]#[N+][C@@H]1CCC(F)(F)N1C(=O)CNC(=O)c1ncnc2ccc(OCCCN3CCNCC3)cc12. The second-order valence-corrected chi connectivity index (χ2v) is 8.46. The summed E-state index contributed by atoms with van der Waals surface area (Å²) >= 11 is 0. The van der Waals surface area contributed by atoms with Gasteiger partial charge in [-0.3, -0.25) is 14.4 Å². The lowest BCUT2D eigenvalue weighted by atomic mass is 10.1. The zero-order valence-electron chi connectivity index (χ0n) is 19.2. The van der Waals surface area contributed by atoms with Crippen LogP contribution in [0, 0.1) is 6.57 Å². The normalized spacial score (nSPS) is 19.9. The standard InChI is InChI=1S/C23H27F2N7O3/c1-26-19-5-6-23(24,25)32(19)20(33)14-28-22(34)21-17-13-16(3-4-18(17)29-15-30-21)35-12-2-9-31-10-7-27-8-11-31/h3-4,13,15,19,27H,2,5-12,14H2,(H,28,34)/t19-/m0/s1. The maximum Gasteiger partial charge on any atom is 0.333 e. The van der Waals surface area contributed by atoms with Crippen molar-refractivity contribution in [2.75, 3.05) is 45.9 Å². The average Bonchev–Trinajstić information content (AvgIpc) is 3.19. The molecule has 1 aromatic heterocycles. The van der Waals surface area contributed by atoms with Gasteiger partial charge in [0.05, 0.1) is 25.1 Å². The molecule has 0 saturated carbocycles. The molecule has 2 aliphatic heterocycles. The molecular formula is C23H27F2N7O3. The highest BCUT2D eigenvalue weighted by Crippen LogP contribution is 2.37. The largest absolute Gasteiger partial charge is 0.494 e. The molecule has 1 aromatic carbocycles. The fourth-order valence-electron chi connectivity index (χ4n) is 4.29. The Balaban J connectivity index is 1.37. The van der Waals surface area contributed by atoms with Gasteiger partial charge in [0.15, 0.2) is 0 Å². The summed E-state index contributed by atoms with van der Waals surface area (Å²) in [5, 5.41) is 6.09. The van der Waals surface area contributed by atoms with Gasteiger partial charge in [-0.15, -0.1) is 0 Å². The Morgan fingerprint density at radius 1 is 1.29 bits per heavy atom. The summed E-state index contributed by atoms with van der Waals surface area (Å²) in [6.45, 7) is 11.8. The number of carbonyl (C=O) groups is 2. The number of amides is 2. The molecule has 2 fully saturated rings. The van der Waals surface area contributed by atoms with Gasteiger partial charge in [0, 0.05) is 44.5 Å². The first kappa shape index (κ1) is 24.7. The molecule has 3 heterocycles. The van der Waals surface area contributed by atoms with E-state index in [4.69, 9.17) is 11.3 Å². The molecule has 2 N–H and O–H groups in total. The van der Waals surface area contributed by atoms with Crippen LogP contribution in [-0.4, -0.2) is 89.7 Å². The molecule has 186 valence electrons. The van der Waals surface area contributed by atoms with E-state index in [1.165, 1.54) is 6.33 Å². The Hall–Kier alpha value is -3.43. The molecule has 1 atom stereocenters. The molecule has 12 heteroatoms. The minimum atomic E-state index is -3.41. The van der Waals surface area contributed by atoms with E-state index >= 15 is 0 Å². The summed E-state index contributed by atoms with van der Waals surface area (Å²) in [6.07, 6.45) is 0.155. The van der Waals surface area contributed by atoms with Crippen LogP contribution in [0.5, 0.6) is 5.75 Å². The number of halogens is 2. The van der Waals surface area contributed by atoms with Gasteiger partial charge in [0.2, 0.25) is 0 Å². The number of alkyl halides is 2. The van der Waals surface area contributed by atoms with Crippen molar-refractivity contribution in [2.45, 2.75) is 31.5 Å². The monoisotopic (exact) mass is 487 g/mol. The Morgan fingerprint density at radius 2 is 2.09 bits per heavy atom. The molecule has 10 nitrogen and oxygen atoms in total. The topological polar surface area (TPSA) is 104 Å². The smallest absolute Gasteiger partial charge is 0.333 e. The predicted octanol–water partition coefficient (Wildman–Crippen LogP) is 1.49. The number of piperazine rings is 1. The van der Waals surface area contributed by atoms with Gasteiger partial charge in [-0.05, 0) is 24.6 Å². The second kappa shape index (κ2) is 10.9. The Labute approximate surface area is 201 Å². The first-order valence-electron chi connectivity index (χ1n) is 11.5. The minimum absolute atomic E-state index is 0.00368. The molecule has 35 heavy (non-hydrogen) atoms. The van der Waals surface area contributed by atoms with Crippen LogP contribution in [0.25, 0.3) is 15.7 Å². The summed E-state index contributed by atoms with van der Waals surface area (Å²) in [5.41, 5.74) is 0.507. The van der Waals surface area contributed by atoms with Gasteiger partial charge >= 0.3 is 12.2 Å². The number of fused-ring (bicyclic) bond motifs is 1. The van der Waals surface area contributed by atoms with Gasteiger partial charge in [-0.2, -0.15) is 8.78 Å². The maximum atomic E-state index is 14.0. The molecule has 2 aliphatic rings. The van der Waals surface area contributed by atoms with Crippen molar-refractivity contribution in [1.29, 1.82) is 0 Å². The first-order chi connectivity index (χ1) is 16.9. The summed E-state index contributed by atoms with van der Waals surface area (Å²) < 4.78 is 33.9. The first-order valence-corrected chi connectivity index (χ1v) is 11.5. The molecule has 2 saturated heterocycles. The van der Waals surface area contributed by atoms with Crippen LogP contribution in [0.15, 0.2) is 24.5 Å². The van der Waals surface area contributed by atoms with Crippen LogP contribution in [0.3, 0.4) is 0 Å². The number of rotatable bonds is 8. The quantitative estimate of drug-likeness (QED) is 0.330. The zero-order chi connectivity index (χ0) is 24.8. The van der Waals surface area contributed by atoms with Crippen LogP contribution < -0.4 is 15.4 Å². The molecule has 0 bridgehead atoms. The number of carbonyl (C=O) groups excluding carboxylic acids is 2. The second-order valence-electron chi connectivity index (χ2n) is 8.46. The van der Waals surface area contributed by atoms with Crippen molar-refractivity contribution < 1.29 is 23.1 Å². The number of aromatic nitrogens is 2. The van der Waals surface area contributed by atoms with Crippen molar-refractivity contribution in [2.24, 2.45) is 0 Å². The fraction of sp³-hybridized carbons (Fsp3) is 0.522. The van der Waals surface area contributed by atoms with Crippen molar-refractivity contribution >= 4 is 22.7 Å². The predicted molar refractivity (Wildman–Crippen MR) is 123 cm³/mol. The third-order valence-corrected chi connectivity index (χ3v) is 6.09. The van der Waals surface area contributed by atoms with Crippen LogP contribution >= 0.6 is 0 Å². The summed E-state index contributed by atoms with van der Waals surface area (Å²) in [4.78, 5) is 39.0. The number of hydrogen-bond acceptors (Lipinski definition) is 7. The van der Waals surface area contributed by atoms with E-state index in [1.807, 2.05) is 0 Å². The van der Waals surface area contributed by atoms with Crippen LogP contribution in [-0.2, 0) is 4.79 Å². The molecule has 2 aromatic rings. The summed E-state index contributed by atoms with van der Waals surface area (Å²) in [7, 11) is 0. The molecule has 0 unspecified atom stereocenters. The number of hydrogen-bond donors (Lipinski definition) is 2. The highest BCUT2D eigenvalue weighted by molar-refractivity contribution is 6.05. The highest BCUT2D eigenvalue weighted by atomic mass is 19.3. The highest BCUT2D eigenvalue weighted by Gasteiger charge is 2.53. The average molecular weight is 488 g/mol. The van der Waals surface area contributed by atoms with Crippen molar-refractivity contribution in [3.05, 3.63) is 41.6 Å². The Kier molecular flexibility index (Phi) is 7.67. The number of nitrogens with one attached hydrogen (secondary N) is 2. The van der Waals surface area contributed by atoms with Crippen LogP contribution in [0.1, 0.15) is 29.8 Å². The van der Waals surface area contributed by atoms with Crippen molar-refractivity contribution in [3.63, 3.8) is 0 Å². The molecule has 4 rings (SSSR count). The fourth-order valence-corrected chi connectivity index (χ4v) is 4.29. The molecule has 0 aliphatic carbocycles. The zero-order valence-corrected chi connectivity index (χ0v) is 19.2. The number of benzene rings is 1. The van der Waals surface area contributed by atoms with Gasteiger partial charge in [-0.1, -0.05) is 0 Å². The van der Waals surface area contributed by atoms with E-state index in [0.29, 0.717) is 23.3 Å². The lowest BCUT2D eigenvalue weighted by Gasteiger charge is -2.26.